The normalized spacial score (nSPS) is 18.1. The number of nitrogens with zero attached hydrogens (tertiary/aromatic N) is 1. The Labute approximate surface area is 206 Å². The average molecular weight is 465 g/mol. The number of nitrogens with two attached hydrogens (primary N) is 1. The maximum absolute atomic E-state index is 13.5. The van der Waals surface area contributed by atoms with Crippen molar-refractivity contribution in [1.82, 2.24) is 4.98 Å². The molecular formula is C30H32N4O. The minimum absolute atomic E-state index is 0.0102. The second-order valence-electron chi connectivity index (χ2n) is 9.69. The molecule has 0 radical (unpaired) electrons. The number of nitrogen functional groups attached to an aromatic ring is 1. The summed E-state index contributed by atoms with van der Waals surface area (Å²) in [6.45, 7) is 4.63. The van der Waals surface area contributed by atoms with Crippen molar-refractivity contribution in [2.45, 2.75) is 51.6 Å². The summed E-state index contributed by atoms with van der Waals surface area (Å²) in [6.07, 6.45) is 4.28. The van der Waals surface area contributed by atoms with Crippen LogP contribution >= 0.6 is 0 Å². The van der Waals surface area contributed by atoms with Crippen molar-refractivity contribution in [1.29, 1.82) is 5.41 Å². The molecule has 0 bridgehead atoms. The number of aromatic nitrogens is 1. The first-order chi connectivity index (χ1) is 16.9. The topological polar surface area (TPSA) is 86.0 Å². The molecule has 1 fully saturated rings. The SMILES string of the molecule is C[C@@H]1CCC[C@H](C)N1c1ccccc1Cc1c(-c2cccc(C(=N)N)c2)c(=O)[nH]c2ccccc12. The molecule has 4 aromatic rings. The Kier molecular flexibility index (Phi) is 6.16. The van der Waals surface area contributed by atoms with Gasteiger partial charge in [0.05, 0.1) is 5.56 Å². The lowest BCUT2D eigenvalue weighted by atomic mass is 9.90. The van der Waals surface area contributed by atoms with E-state index in [1.165, 1.54) is 30.5 Å². The highest BCUT2D eigenvalue weighted by Gasteiger charge is 2.27. The van der Waals surface area contributed by atoms with Gasteiger partial charge >= 0.3 is 0 Å². The molecule has 4 N–H and O–H groups in total. The number of nitrogens with one attached hydrogen (secondary N) is 2. The number of piperidine rings is 1. The Morgan fingerprint density at radius 1 is 1.00 bits per heavy atom. The molecule has 1 saturated heterocycles. The number of amidine groups is 1. The van der Waals surface area contributed by atoms with Gasteiger partial charge in [0.25, 0.3) is 5.56 Å². The van der Waals surface area contributed by atoms with Crippen LogP contribution < -0.4 is 16.2 Å². The minimum atomic E-state index is -0.128. The van der Waals surface area contributed by atoms with Gasteiger partial charge in [-0.2, -0.15) is 0 Å². The van der Waals surface area contributed by atoms with Gasteiger partial charge in [-0.3, -0.25) is 10.2 Å². The molecule has 1 aliphatic heterocycles. The molecule has 35 heavy (non-hydrogen) atoms. The highest BCUT2D eigenvalue weighted by atomic mass is 16.1. The molecule has 0 amide bonds. The van der Waals surface area contributed by atoms with E-state index in [-0.39, 0.29) is 11.4 Å². The van der Waals surface area contributed by atoms with Gasteiger partial charge in [0.1, 0.15) is 5.84 Å². The van der Waals surface area contributed by atoms with E-state index in [1.807, 2.05) is 36.4 Å². The molecule has 0 spiro atoms. The lowest BCUT2D eigenvalue weighted by molar-refractivity contribution is 0.413. The molecule has 178 valence electrons. The second kappa shape index (κ2) is 9.41. The Bertz CT molecular complexity index is 1440. The van der Waals surface area contributed by atoms with Crippen molar-refractivity contribution in [3.63, 3.8) is 0 Å². The van der Waals surface area contributed by atoms with E-state index >= 15 is 0 Å². The minimum Gasteiger partial charge on any atom is -0.384 e. The maximum atomic E-state index is 13.5. The maximum Gasteiger partial charge on any atom is 0.256 e. The number of hydrogen-bond donors (Lipinski definition) is 3. The second-order valence-corrected chi connectivity index (χ2v) is 9.69. The smallest absolute Gasteiger partial charge is 0.256 e. The summed E-state index contributed by atoms with van der Waals surface area (Å²) in [4.78, 5) is 19.1. The van der Waals surface area contributed by atoms with Crippen LogP contribution in [0.4, 0.5) is 5.69 Å². The van der Waals surface area contributed by atoms with Crippen molar-refractivity contribution in [2.75, 3.05) is 4.90 Å². The van der Waals surface area contributed by atoms with Crippen LogP contribution in [0.2, 0.25) is 0 Å². The molecule has 3 aromatic carbocycles. The number of hydrogen-bond acceptors (Lipinski definition) is 3. The zero-order valence-corrected chi connectivity index (χ0v) is 20.3. The molecule has 1 aliphatic rings. The lowest BCUT2D eigenvalue weighted by Gasteiger charge is -2.42. The predicted octanol–water partition coefficient (Wildman–Crippen LogP) is 5.84. The highest BCUT2D eigenvalue weighted by Crippen LogP contribution is 2.35. The number of aromatic amines is 1. The van der Waals surface area contributed by atoms with E-state index in [0.29, 0.717) is 29.6 Å². The van der Waals surface area contributed by atoms with Gasteiger partial charge in [-0.05, 0) is 68.0 Å². The van der Waals surface area contributed by atoms with E-state index < -0.39 is 0 Å². The van der Waals surface area contributed by atoms with Gasteiger partial charge in [-0.25, -0.2) is 0 Å². The number of rotatable bonds is 5. The van der Waals surface area contributed by atoms with Crippen LogP contribution in [0.25, 0.3) is 22.0 Å². The molecule has 1 aromatic heterocycles. The van der Waals surface area contributed by atoms with Crippen LogP contribution in [0, 0.1) is 5.41 Å². The molecule has 5 heteroatoms. The summed E-state index contributed by atoms with van der Waals surface area (Å²) in [5.74, 6) is -0.0102. The quantitative estimate of drug-likeness (QED) is 0.256. The van der Waals surface area contributed by atoms with Crippen LogP contribution in [0.3, 0.4) is 0 Å². The molecule has 2 atom stereocenters. The molecule has 2 heterocycles. The summed E-state index contributed by atoms with van der Waals surface area (Å²) in [6, 6.07) is 25.0. The van der Waals surface area contributed by atoms with Gasteiger partial charge < -0.3 is 15.6 Å². The molecule has 5 nitrogen and oxygen atoms in total. The first-order valence-corrected chi connectivity index (χ1v) is 12.4. The van der Waals surface area contributed by atoms with Crippen LogP contribution in [-0.2, 0) is 6.42 Å². The Hall–Kier alpha value is -3.86. The summed E-state index contributed by atoms with van der Waals surface area (Å²) in [5.41, 5.74) is 12.0. The molecule has 0 aliphatic carbocycles. The first-order valence-electron chi connectivity index (χ1n) is 12.4. The van der Waals surface area contributed by atoms with E-state index in [1.54, 1.807) is 6.07 Å². The fraction of sp³-hybridized carbons (Fsp3) is 0.267. The number of pyridine rings is 1. The predicted molar refractivity (Wildman–Crippen MR) is 146 cm³/mol. The fourth-order valence-corrected chi connectivity index (χ4v) is 5.64. The monoisotopic (exact) mass is 464 g/mol. The third kappa shape index (κ3) is 4.34. The number of benzene rings is 3. The summed E-state index contributed by atoms with van der Waals surface area (Å²) >= 11 is 0. The molecule has 0 saturated carbocycles. The fourth-order valence-electron chi connectivity index (χ4n) is 5.64. The average Bonchev–Trinajstić information content (AvgIpc) is 2.85. The standard InChI is InChI=1S/C30H32N4O/c1-19-9-7-10-20(2)34(19)27-16-6-3-11-21(27)18-25-24-14-4-5-15-26(24)33-30(35)28(25)22-12-8-13-23(17-22)29(31)32/h3-6,8,11-17,19-20H,7,9-10,18H2,1-2H3,(H3,31,32)(H,33,35)/t19-,20+. The number of anilines is 1. The number of H-pyrrole nitrogens is 1. The number of para-hydroxylation sites is 2. The van der Waals surface area contributed by atoms with Crippen LogP contribution in [0.15, 0.2) is 77.6 Å². The van der Waals surface area contributed by atoms with E-state index in [4.69, 9.17) is 11.1 Å². The van der Waals surface area contributed by atoms with Crippen LogP contribution in [-0.4, -0.2) is 22.9 Å². The van der Waals surface area contributed by atoms with Crippen molar-refractivity contribution in [3.05, 3.63) is 99.8 Å². The van der Waals surface area contributed by atoms with Crippen molar-refractivity contribution in [3.8, 4) is 11.1 Å². The Morgan fingerprint density at radius 3 is 2.49 bits per heavy atom. The lowest BCUT2D eigenvalue weighted by Crippen LogP contribution is -2.44. The summed E-state index contributed by atoms with van der Waals surface area (Å²) in [5, 5.41) is 8.91. The zero-order valence-electron chi connectivity index (χ0n) is 20.3. The van der Waals surface area contributed by atoms with Gasteiger partial charge in [0.2, 0.25) is 0 Å². The largest absolute Gasteiger partial charge is 0.384 e. The Morgan fingerprint density at radius 2 is 1.71 bits per heavy atom. The molecular weight excluding hydrogens is 432 g/mol. The summed E-state index contributed by atoms with van der Waals surface area (Å²) in [7, 11) is 0. The van der Waals surface area contributed by atoms with Crippen molar-refractivity contribution >= 4 is 22.4 Å². The van der Waals surface area contributed by atoms with Crippen LogP contribution in [0.1, 0.15) is 49.8 Å². The van der Waals surface area contributed by atoms with Crippen molar-refractivity contribution < 1.29 is 0 Å². The van der Waals surface area contributed by atoms with E-state index in [0.717, 1.165) is 22.0 Å². The third-order valence-electron chi connectivity index (χ3n) is 7.32. The van der Waals surface area contributed by atoms with Gasteiger partial charge in [0.15, 0.2) is 0 Å². The van der Waals surface area contributed by atoms with Gasteiger partial charge in [-0.15, -0.1) is 0 Å². The van der Waals surface area contributed by atoms with Gasteiger partial charge in [0, 0.05) is 40.7 Å². The van der Waals surface area contributed by atoms with E-state index in [2.05, 4.69) is 54.1 Å². The van der Waals surface area contributed by atoms with E-state index in [9.17, 15) is 4.79 Å². The Balaban J connectivity index is 1.71. The van der Waals surface area contributed by atoms with Gasteiger partial charge in [-0.1, -0.05) is 54.6 Å². The molecule has 5 rings (SSSR count). The van der Waals surface area contributed by atoms with Crippen molar-refractivity contribution in [2.24, 2.45) is 5.73 Å². The highest BCUT2D eigenvalue weighted by molar-refractivity contribution is 5.97. The summed E-state index contributed by atoms with van der Waals surface area (Å²) < 4.78 is 0. The third-order valence-corrected chi connectivity index (χ3v) is 7.32. The molecule has 0 unspecified atom stereocenters. The first kappa shape index (κ1) is 22.9. The zero-order chi connectivity index (χ0) is 24.5. The van der Waals surface area contributed by atoms with Crippen LogP contribution in [0.5, 0.6) is 0 Å². The number of fused-ring (bicyclic) bond motifs is 1.